The minimum atomic E-state index is -0.158. The first-order chi connectivity index (χ1) is 11.5. The van der Waals surface area contributed by atoms with Gasteiger partial charge in [0, 0.05) is 29.6 Å². The molecule has 0 aliphatic rings. The maximum Gasteiger partial charge on any atom is 0.275 e. The molecule has 0 radical (unpaired) electrons. The van der Waals surface area contributed by atoms with Gasteiger partial charge in [0.2, 0.25) is 0 Å². The molecule has 5 nitrogen and oxygen atoms in total. The van der Waals surface area contributed by atoms with Crippen molar-refractivity contribution in [3.8, 4) is 5.75 Å². The first-order valence-corrected chi connectivity index (χ1v) is 7.90. The van der Waals surface area contributed by atoms with Gasteiger partial charge in [-0.1, -0.05) is 23.2 Å². The number of hydrogen-bond donors (Lipinski definition) is 1. The van der Waals surface area contributed by atoms with Crippen molar-refractivity contribution in [1.82, 2.24) is 15.1 Å². The zero-order valence-electron chi connectivity index (χ0n) is 13.8. The lowest BCUT2D eigenvalue weighted by Crippen LogP contribution is -2.27. The van der Waals surface area contributed by atoms with E-state index in [4.69, 9.17) is 16.3 Å². The molecule has 0 saturated heterocycles. The highest BCUT2D eigenvalue weighted by Crippen LogP contribution is 2.25. The summed E-state index contributed by atoms with van der Waals surface area (Å²) < 4.78 is 5.34. The zero-order chi connectivity index (χ0) is 17.3. The predicted octanol–water partition coefficient (Wildman–Crippen LogP) is 3.81. The molecule has 0 spiro atoms. The van der Waals surface area contributed by atoms with Gasteiger partial charge in [-0.3, -0.25) is 9.89 Å². The van der Waals surface area contributed by atoms with Gasteiger partial charge in [-0.05, 0) is 37.3 Å². The van der Waals surface area contributed by atoms with Crippen LogP contribution in [-0.4, -0.2) is 35.2 Å². The Balaban J connectivity index is 1.89. The number of rotatable bonds is 4. The van der Waals surface area contributed by atoms with E-state index in [1.54, 1.807) is 37.3 Å². The summed E-state index contributed by atoms with van der Waals surface area (Å²) in [5.41, 5.74) is 3.18. The van der Waals surface area contributed by atoms with Gasteiger partial charge in [-0.2, -0.15) is 5.10 Å². The Morgan fingerprint density at radius 3 is 2.83 bits per heavy atom. The Morgan fingerprint density at radius 1 is 1.29 bits per heavy atom. The Kier molecular flexibility index (Phi) is 4.44. The summed E-state index contributed by atoms with van der Waals surface area (Å²) in [5, 5.41) is 8.52. The highest BCUT2D eigenvalue weighted by atomic mass is 35.5. The lowest BCUT2D eigenvalue weighted by atomic mass is 10.1. The van der Waals surface area contributed by atoms with E-state index in [9.17, 15) is 4.79 Å². The number of benzene rings is 2. The number of ether oxygens (including phenoxy) is 1. The van der Waals surface area contributed by atoms with Gasteiger partial charge in [0.1, 0.15) is 5.75 Å². The molecule has 1 amide bonds. The van der Waals surface area contributed by atoms with Crippen molar-refractivity contribution in [3.63, 3.8) is 0 Å². The summed E-state index contributed by atoms with van der Waals surface area (Å²) in [7, 11) is 3.33. The minimum Gasteiger partial charge on any atom is -0.496 e. The fourth-order valence-electron chi connectivity index (χ4n) is 2.67. The molecule has 3 aromatic rings. The second-order valence-electron chi connectivity index (χ2n) is 5.74. The van der Waals surface area contributed by atoms with Crippen LogP contribution in [0.4, 0.5) is 0 Å². The molecule has 0 saturated carbocycles. The topological polar surface area (TPSA) is 58.2 Å². The van der Waals surface area contributed by atoms with Gasteiger partial charge in [0.25, 0.3) is 5.91 Å². The lowest BCUT2D eigenvalue weighted by molar-refractivity contribution is 0.0780. The van der Waals surface area contributed by atoms with Crippen LogP contribution < -0.4 is 4.74 Å². The van der Waals surface area contributed by atoms with Crippen LogP contribution in [0, 0.1) is 6.92 Å². The van der Waals surface area contributed by atoms with Crippen LogP contribution >= 0.6 is 11.6 Å². The fraction of sp³-hybridized carbons (Fsp3) is 0.222. The number of aromatic amines is 1. The second kappa shape index (κ2) is 6.53. The van der Waals surface area contributed by atoms with Crippen molar-refractivity contribution >= 4 is 28.4 Å². The largest absolute Gasteiger partial charge is 0.496 e. The van der Waals surface area contributed by atoms with E-state index >= 15 is 0 Å². The third-order valence-corrected chi connectivity index (χ3v) is 4.15. The van der Waals surface area contributed by atoms with E-state index in [1.807, 2.05) is 25.1 Å². The number of H-pyrrole nitrogens is 1. The summed E-state index contributed by atoms with van der Waals surface area (Å²) >= 11 is 6.06. The molecular weight excluding hydrogens is 326 g/mol. The first-order valence-electron chi connectivity index (χ1n) is 7.52. The molecule has 0 unspecified atom stereocenters. The number of carbonyl (C=O) groups is 1. The quantitative estimate of drug-likeness (QED) is 0.783. The van der Waals surface area contributed by atoms with E-state index < -0.39 is 0 Å². The molecule has 0 fully saturated rings. The van der Waals surface area contributed by atoms with Crippen molar-refractivity contribution in [1.29, 1.82) is 0 Å². The molecule has 2 aromatic carbocycles. The molecule has 3 rings (SSSR count). The standard InChI is InChI=1S/C18H18ClN3O2/c1-11-4-6-15-14(8-11)17(21-20-15)18(23)22(2)10-12-9-13(19)5-7-16(12)24-3/h4-9H,10H2,1-3H3,(H,20,21). The predicted molar refractivity (Wildman–Crippen MR) is 94.6 cm³/mol. The van der Waals surface area contributed by atoms with Crippen molar-refractivity contribution in [2.45, 2.75) is 13.5 Å². The van der Waals surface area contributed by atoms with Gasteiger partial charge < -0.3 is 9.64 Å². The molecule has 0 atom stereocenters. The van der Waals surface area contributed by atoms with Crippen LogP contribution in [0.1, 0.15) is 21.6 Å². The number of fused-ring (bicyclic) bond motifs is 1. The first kappa shape index (κ1) is 16.3. The third kappa shape index (κ3) is 3.08. The monoisotopic (exact) mass is 343 g/mol. The Hall–Kier alpha value is -2.53. The molecule has 124 valence electrons. The van der Waals surface area contributed by atoms with Crippen molar-refractivity contribution in [3.05, 3.63) is 58.2 Å². The fourth-order valence-corrected chi connectivity index (χ4v) is 2.86. The number of hydrogen-bond acceptors (Lipinski definition) is 3. The molecule has 1 N–H and O–H groups in total. The number of nitrogens with zero attached hydrogens (tertiary/aromatic N) is 2. The summed E-state index contributed by atoms with van der Waals surface area (Å²) in [6, 6.07) is 11.2. The Bertz CT molecular complexity index is 904. The number of aryl methyl sites for hydroxylation is 1. The van der Waals surface area contributed by atoms with Gasteiger partial charge in [0.05, 0.1) is 12.6 Å². The number of halogens is 1. The Labute approximate surface area is 145 Å². The number of amides is 1. The van der Waals surface area contributed by atoms with E-state index in [-0.39, 0.29) is 5.91 Å². The van der Waals surface area contributed by atoms with E-state index in [0.29, 0.717) is 23.0 Å². The molecule has 24 heavy (non-hydrogen) atoms. The highest BCUT2D eigenvalue weighted by Gasteiger charge is 2.19. The molecule has 0 aliphatic carbocycles. The molecule has 1 heterocycles. The number of methoxy groups -OCH3 is 1. The number of carbonyl (C=O) groups excluding carboxylic acids is 1. The molecule has 1 aromatic heterocycles. The third-order valence-electron chi connectivity index (χ3n) is 3.92. The van der Waals surface area contributed by atoms with Crippen LogP contribution in [0.2, 0.25) is 5.02 Å². The van der Waals surface area contributed by atoms with Gasteiger partial charge in [0.15, 0.2) is 5.69 Å². The van der Waals surface area contributed by atoms with E-state index in [2.05, 4.69) is 10.2 Å². The summed E-state index contributed by atoms with van der Waals surface area (Å²) in [5.74, 6) is 0.538. The summed E-state index contributed by atoms with van der Waals surface area (Å²) in [6.45, 7) is 2.37. The maximum absolute atomic E-state index is 12.8. The average molecular weight is 344 g/mol. The second-order valence-corrected chi connectivity index (χ2v) is 6.18. The van der Waals surface area contributed by atoms with Crippen molar-refractivity contribution < 1.29 is 9.53 Å². The SMILES string of the molecule is COc1ccc(Cl)cc1CN(C)C(=O)c1n[nH]c2ccc(C)cc12. The summed E-state index contributed by atoms with van der Waals surface area (Å²) in [6.07, 6.45) is 0. The van der Waals surface area contributed by atoms with Crippen LogP contribution in [0.5, 0.6) is 5.75 Å². The zero-order valence-corrected chi connectivity index (χ0v) is 14.5. The molecule has 0 bridgehead atoms. The van der Waals surface area contributed by atoms with Crippen LogP contribution in [0.3, 0.4) is 0 Å². The van der Waals surface area contributed by atoms with E-state index in [1.165, 1.54) is 0 Å². The molecular formula is C18H18ClN3O2. The van der Waals surface area contributed by atoms with Crippen LogP contribution in [0.25, 0.3) is 10.9 Å². The smallest absolute Gasteiger partial charge is 0.275 e. The lowest BCUT2D eigenvalue weighted by Gasteiger charge is -2.18. The van der Waals surface area contributed by atoms with Gasteiger partial charge >= 0.3 is 0 Å². The van der Waals surface area contributed by atoms with Crippen molar-refractivity contribution in [2.24, 2.45) is 0 Å². The molecule has 6 heteroatoms. The maximum atomic E-state index is 12.8. The van der Waals surface area contributed by atoms with Gasteiger partial charge in [-0.15, -0.1) is 0 Å². The number of nitrogens with one attached hydrogen (secondary N) is 1. The summed E-state index contributed by atoms with van der Waals surface area (Å²) in [4.78, 5) is 14.4. The number of aromatic nitrogens is 2. The van der Waals surface area contributed by atoms with E-state index in [0.717, 1.165) is 22.0 Å². The minimum absolute atomic E-state index is 0.158. The average Bonchev–Trinajstić information content (AvgIpc) is 2.97. The van der Waals surface area contributed by atoms with Crippen LogP contribution in [-0.2, 0) is 6.54 Å². The highest BCUT2D eigenvalue weighted by molar-refractivity contribution is 6.30. The Morgan fingerprint density at radius 2 is 2.08 bits per heavy atom. The normalized spacial score (nSPS) is 10.8. The van der Waals surface area contributed by atoms with Crippen LogP contribution in [0.15, 0.2) is 36.4 Å². The van der Waals surface area contributed by atoms with Gasteiger partial charge in [-0.25, -0.2) is 0 Å². The molecule has 0 aliphatic heterocycles. The van der Waals surface area contributed by atoms with Crippen molar-refractivity contribution in [2.75, 3.05) is 14.2 Å².